The van der Waals surface area contributed by atoms with Gasteiger partial charge >= 0.3 is 0 Å². The fourth-order valence-corrected chi connectivity index (χ4v) is 2.35. The van der Waals surface area contributed by atoms with Crippen LogP contribution in [0.3, 0.4) is 0 Å². The van der Waals surface area contributed by atoms with E-state index in [1.54, 1.807) is 0 Å². The van der Waals surface area contributed by atoms with Crippen LogP contribution in [0.15, 0.2) is 0 Å². The summed E-state index contributed by atoms with van der Waals surface area (Å²) in [5.41, 5.74) is -0.255. The van der Waals surface area contributed by atoms with Crippen molar-refractivity contribution in [3.05, 3.63) is 0 Å². The van der Waals surface area contributed by atoms with Crippen molar-refractivity contribution in [1.29, 1.82) is 0 Å². The molecule has 1 saturated heterocycles. The highest BCUT2D eigenvalue weighted by molar-refractivity contribution is 5.44. The summed E-state index contributed by atoms with van der Waals surface area (Å²) in [4.78, 5) is 15.5. The van der Waals surface area contributed by atoms with Crippen molar-refractivity contribution < 1.29 is 4.74 Å². The Balaban J connectivity index is 2.09. The minimum atomic E-state index is -0.255. The Bertz CT molecular complexity index is 459. The van der Waals surface area contributed by atoms with E-state index >= 15 is 0 Å². The van der Waals surface area contributed by atoms with Gasteiger partial charge in [-0.05, 0) is 33.6 Å². The number of nitrogens with zero attached hydrogens (tertiary/aromatic N) is 4. The van der Waals surface area contributed by atoms with Crippen LogP contribution in [0, 0.1) is 0 Å². The quantitative estimate of drug-likeness (QED) is 0.793. The second kappa shape index (κ2) is 6.89. The summed E-state index contributed by atoms with van der Waals surface area (Å²) < 4.78 is 5.68. The topological polar surface area (TPSA) is 75.2 Å². The van der Waals surface area contributed by atoms with Crippen molar-refractivity contribution in [3.8, 4) is 0 Å². The zero-order chi connectivity index (χ0) is 15.3. The van der Waals surface area contributed by atoms with E-state index in [-0.39, 0.29) is 5.60 Å². The molecule has 0 spiro atoms. The standard InChI is InChI=1S/C14H26N6O/c1-5-21-14(2,3)10-16-12-17-11(15-4)18-13(19-12)20-8-6-7-9-20/h5-10H2,1-4H3,(H2,15,16,17,18,19). The van der Waals surface area contributed by atoms with Gasteiger partial charge in [0.05, 0.1) is 5.60 Å². The number of nitrogens with one attached hydrogen (secondary N) is 2. The molecule has 0 unspecified atom stereocenters. The monoisotopic (exact) mass is 294 g/mol. The Morgan fingerprint density at radius 3 is 2.43 bits per heavy atom. The van der Waals surface area contributed by atoms with Crippen LogP contribution in [0.4, 0.5) is 17.8 Å². The predicted molar refractivity (Wildman–Crippen MR) is 85.0 cm³/mol. The van der Waals surface area contributed by atoms with Gasteiger partial charge in [-0.15, -0.1) is 0 Å². The van der Waals surface area contributed by atoms with E-state index in [1.165, 1.54) is 12.8 Å². The Kier molecular flexibility index (Phi) is 5.17. The third-order valence-electron chi connectivity index (χ3n) is 3.44. The van der Waals surface area contributed by atoms with Crippen molar-refractivity contribution in [2.24, 2.45) is 0 Å². The van der Waals surface area contributed by atoms with Gasteiger partial charge < -0.3 is 20.3 Å². The first-order valence-electron chi connectivity index (χ1n) is 7.60. The van der Waals surface area contributed by atoms with Crippen molar-refractivity contribution in [2.75, 3.05) is 48.8 Å². The Hall–Kier alpha value is -1.63. The van der Waals surface area contributed by atoms with E-state index < -0.39 is 0 Å². The lowest BCUT2D eigenvalue weighted by Gasteiger charge is -2.25. The zero-order valence-corrected chi connectivity index (χ0v) is 13.4. The molecule has 118 valence electrons. The van der Waals surface area contributed by atoms with Crippen LogP contribution in [0.25, 0.3) is 0 Å². The molecule has 1 aliphatic heterocycles. The maximum atomic E-state index is 5.68. The average molecular weight is 294 g/mol. The third kappa shape index (κ3) is 4.42. The fraction of sp³-hybridized carbons (Fsp3) is 0.786. The summed E-state index contributed by atoms with van der Waals surface area (Å²) in [6, 6.07) is 0. The van der Waals surface area contributed by atoms with Crippen LogP contribution in [0.1, 0.15) is 33.6 Å². The number of hydrogen-bond donors (Lipinski definition) is 2. The lowest BCUT2D eigenvalue weighted by molar-refractivity contribution is 0.000581. The molecule has 0 saturated carbocycles. The van der Waals surface area contributed by atoms with E-state index in [2.05, 4.69) is 30.5 Å². The fourth-order valence-electron chi connectivity index (χ4n) is 2.35. The van der Waals surface area contributed by atoms with Gasteiger partial charge in [-0.25, -0.2) is 0 Å². The number of ether oxygens (including phenoxy) is 1. The molecule has 0 aliphatic carbocycles. The molecule has 1 aromatic rings. The van der Waals surface area contributed by atoms with Crippen molar-refractivity contribution >= 4 is 17.8 Å². The van der Waals surface area contributed by atoms with Gasteiger partial charge in [-0.3, -0.25) is 0 Å². The first-order valence-corrected chi connectivity index (χ1v) is 7.60. The number of rotatable bonds is 7. The van der Waals surface area contributed by atoms with E-state index in [0.717, 1.165) is 19.0 Å². The third-order valence-corrected chi connectivity index (χ3v) is 3.44. The van der Waals surface area contributed by atoms with Gasteiger partial charge in [0.25, 0.3) is 0 Å². The van der Waals surface area contributed by atoms with Gasteiger partial charge in [-0.2, -0.15) is 15.0 Å². The van der Waals surface area contributed by atoms with Crippen molar-refractivity contribution in [2.45, 2.75) is 39.2 Å². The molecule has 0 aromatic carbocycles. The highest BCUT2D eigenvalue weighted by Crippen LogP contribution is 2.19. The number of hydrogen-bond acceptors (Lipinski definition) is 7. The van der Waals surface area contributed by atoms with E-state index in [9.17, 15) is 0 Å². The average Bonchev–Trinajstić information content (AvgIpc) is 2.99. The molecule has 2 N–H and O–H groups in total. The van der Waals surface area contributed by atoms with E-state index in [1.807, 2.05) is 27.8 Å². The zero-order valence-electron chi connectivity index (χ0n) is 13.4. The van der Waals surface area contributed by atoms with E-state index in [4.69, 9.17) is 4.74 Å². The SMILES string of the molecule is CCOC(C)(C)CNc1nc(NC)nc(N2CCCC2)n1. The molecule has 2 heterocycles. The van der Waals surface area contributed by atoms with Gasteiger partial charge in [-0.1, -0.05) is 0 Å². The molecular weight excluding hydrogens is 268 g/mol. The van der Waals surface area contributed by atoms with Crippen LogP contribution in [0.5, 0.6) is 0 Å². The van der Waals surface area contributed by atoms with Crippen LogP contribution >= 0.6 is 0 Å². The predicted octanol–water partition coefficient (Wildman–Crippen LogP) is 1.74. The minimum absolute atomic E-state index is 0.255. The second-order valence-corrected chi connectivity index (χ2v) is 5.77. The summed E-state index contributed by atoms with van der Waals surface area (Å²) in [6.45, 7) is 9.44. The Morgan fingerprint density at radius 1 is 1.14 bits per heavy atom. The summed E-state index contributed by atoms with van der Waals surface area (Å²) >= 11 is 0. The summed E-state index contributed by atoms with van der Waals surface area (Å²) in [5, 5.41) is 6.25. The van der Waals surface area contributed by atoms with Crippen LogP contribution in [-0.2, 0) is 4.74 Å². The smallest absolute Gasteiger partial charge is 0.231 e. The summed E-state index contributed by atoms with van der Waals surface area (Å²) in [6.07, 6.45) is 2.39. The van der Waals surface area contributed by atoms with Gasteiger partial charge in [0, 0.05) is 33.3 Å². The molecule has 7 heteroatoms. The highest BCUT2D eigenvalue weighted by Gasteiger charge is 2.20. The molecule has 0 atom stereocenters. The maximum Gasteiger partial charge on any atom is 0.231 e. The van der Waals surface area contributed by atoms with Gasteiger partial charge in [0.15, 0.2) is 0 Å². The van der Waals surface area contributed by atoms with Crippen molar-refractivity contribution in [1.82, 2.24) is 15.0 Å². The van der Waals surface area contributed by atoms with Crippen LogP contribution in [-0.4, -0.2) is 53.8 Å². The Labute approximate surface area is 126 Å². The molecule has 1 fully saturated rings. The molecule has 21 heavy (non-hydrogen) atoms. The minimum Gasteiger partial charge on any atom is -0.374 e. The van der Waals surface area contributed by atoms with Crippen LogP contribution < -0.4 is 15.5 Å². The summed E-state index contributed by atoms with van der Waals surface area (Å²) in [5.74, 6) is 1.91. The molecular formula is C14H26N6O. The van der Waals surface area contributed by atoms with Crippen LogP contribution in [0.2, 0.25) is 0 Å². The molecule has 0 radical (unpaired) electrons. The normalized spacial score (nSPS) is 15.3. The second-order valence-electron chi connectivity index (χ2n) is 5.77. The molecule has 1 aliphatic rings. The molecule has 1 aromatic heterocycles. The molecule has 0 amide bonds. The number of aromatic nitrogens is 3. The first kappa shape index (κ1) is 15.8. The first-order chi connectivity index (χ1) is 10.0. The van der Waals surface area contributed by atoms with Gasteiger partial charge in [0.1, 0.15) is 0 Å². The molecule has 0 bridgehead atoms. The van der Waals surface area contributed by atoms with E-state index in [0.29, 0.717) is 25.0 Å². The number of anilines is 3. The van der Waals surface area contributed by atoms with Gasteiger partial charge in [0.2, 0.25) is 17.8 Å². The largest absolute Gasteiger partial charge is 0.374 e. The Morgan fingerprint density at radius 2 is 1.81 bits per heavy atom. The summed E-state index contributed by atoms with van der Waals surface area (Å²) in [7, 11) is 1.82. The molecule has 7 nitrogen and oxygen atoms in total. The lowest BCUT2D eigenvalue weighted by Crippen LogP contribution is -2.34. The lowest BCUT2D eigenvalue weighted by atomic mass is 10.1. The molecule has 2 rings (SSSR count). The highest BCUT2D eigenvalue weighted by atomic mass is 16.5. The van der Waals surface area contributed by atoms with Crippen molar-refractivity contribution in [3.63, 3.8) is 0 Å². The maximum absolute atomic E-state index is 5.68.